The normalized spacial score (nSPS) is 23.6. The summed E-state index contributed by atoms with van der Waals surface area (Å²) in [5, 5.41) is 7.86. The first kappa shape index (κ1) is 14.4. The van der Waals surface area contributed by atoms with E-state index in [1.807, 2.05) is 11.7 Å². The highest BCUT2D eigenvalue weighted by Crippen LogP contribution is 2.31. The Morgan fingerprint density at radius 2 is 2.16 bits per heavy atom. The maximum atomic E-state index is 4.60. The van der Waals surface area contributed by atoms with Crippen molar-refractivity contribution in [2.24, 2.45) is 13.0 Å². The van der Waals surface area contributed by atoms with Gasteiger partial charge in [0.2, 0.25) is 0 Å². The third-order valence-electron chi connectivity index (χ3n) is 4.46. The molecule has 0 radical (unpaired) electrons. The predicted molar refractivity (Wildman–Crippen MR) is 80.5 cm³/mol. The molecule has 1 aromatic rings. The topological polar surface area (TPSA) is 33.1 Å². The number of aromatic nitrogens is 2. The lowest BCUT2D eigenvalue weighted by Gasteiger charge is -2.36. The van der Waals surface area contributed by atoms with E-state index >= 15 is 0 Å². The van der Waals surface area contributed by atoms with Crippen LogP contribution >= 0.6 is 0 Å². The third kappa shape index (κ3) is 2.94. The molecule has 2 unspecified atom stereocenters. The van der Waals surface area contributed by atoms with Gasteiger partial charge >= 0.3 is 0 Å². The minimum absolute atomic E-state index is 0.661. The van der Waals surface area contributed by atoms with Gasteiger partial charge in [0.15, 0.2) is 0 Å². The largest absolute Gasteiger partial charge is 0.357 e. The van der Waals surface area contributed by atoms with Gasteiger partial charge in [0, 0.05) is 32.2 Å². The summed E-state index contributed by atoms with van der Waals surface area (Å²) in [4.78, 5) is 2.46. The van der Waals surface area contributed by atoms with Gasteiger partial charge in [-0.3, -0.25) is 4.68 Å². The van der Waals surface area contributed by atoms with Crippen molar-refractivity contribution in [1.82, 2.24) is 15.1 Å². The number of aryl methyl sites for hydroxylation is 2. The molecule has 1 aliphatic rings. The van der Waals surface area contributed by atoms with Crippen LogP contribution in [-0.2, 0) is 13.6 Å². The Hall–Kier alpha value is -1.03. The fourth-order valence-corrected chi connectivity index (χ4v) is 3.44. The summed E-state index contributed by atoms with van der Waals surface area (Å²) in [6.45, 7) is 5.37. The van der Waals surface area contributed by atoms with Crippen molar-refractivity contribution in [1.29, 1.82) is 0 Å². The molecule has 1 heterocycles. The second kappa shape index (κ2) is 5.95. The molecule has 1 saturated carbocycles. The number of anilines is 1. The SMILES string of the molecule is CNCc1c(C)nn(C)c1N(C)C1CCCC(C)C1. The van der Waals surface area contributed by atoms with Gasteiger partial charge in [0.25, 0.3) is 0 Å². The Kier molecular flexibility index (Phi) is 4.50. The van der Waals surface area contributed by atoms with Gasteiger partial charge in [-0.1, -0.05) is 19.8 Å². The summed E-state index contributed by atoms with van der Waals surface area (Å²) in [6.07, 6.45) is 5.36. The van der Waals surface area contributed by atoms with Gasteiger partial charge < -0.3 is 10.2 Å². The summed E-state index contributed by atoms with van der Waals surface area (Å²) in [6, 6.07) is 0.661. The molecule has 1 aromatic heterocycles. The molecule has 19 heavy (non-hydrogen) atoms. The van der Waals surface area contributed by atoms with Crippen molar-refractivity contribution in [3.63, 3.8) is 0 Å². The Bertz CT molecular complexity index is 424. The van der Waals surface area contributed by atoms with Crippen LogP contribution in [0.5, 0.6) is 0 Å². The Balaban J connectivity index is 2.24. The lowest BCUT2D eigenvalue weighted by atomic mass is 9.86. The van der Waals surface area contributed by atoms with Crippen molar-refractivity contribution in [2.45, 2.75) is 52.1 Å². The van der Waals surface area contributed by atoms with E-state index in [4.69, 9.17) is 0 Å². The van der Waals surface area contributed by atoms with Crippen molar-refractivity contribution in [3.8, 4) is 0 Å². The fourth-order valence-electron chi connectivity index (χ4n) is 3.44. The van der Waals surface area contributed by atoms with Crippen molar-refractivity contribution >= 4 is 5.82 Å². The number of hydrogen-bond acceptors (Lipinski definition) is 3. The molecule has 0 aromatic carbocycles. The zero-order chi connectivity index (χ0) is 14.0. The maximum absolute atomic E-state index is 4.60. The zero-order valence-electron chi connectivity index (χ0n) is 13.0. The highest BCUT2D eigenvalue weighted by atomic mass is 15.4. The van der Waals surface area contributed by atoms with Crippen LogP contribution in [0, 0.1) is 12.8 Å². The quantitative estimate of drug-likeness (QED) is 0.907. The molecule has 2 rings (SSSR count). The summed E-state index contributed by atoms with van der Waals surface area (Å²) >= 11 is 0. The molecule has 0 spiro atoms. The van der Waals surface area contributed by atoms with E-state index < -0.39 is 0 Å². The first-order valence-corrected chi connectivity index (χ1v) is 7.44. The molecule has 1 fully saturated rings. The summed E-state index contributed by atoms with van der Waals surface area (Å²) in [5.74, 6) is 2.13. The highest BCUT2D eigenvalue weighted by molar-refractivity contribution is 5.50. The van der Waals surface area contributed by atoms with Crippen LogP contribution in [0.2, 0.25) is 0 Å². The van der Waals surface area contributed by atoms with Crippen molar-refractivity contribution in [2.75, 3.05) is 19.0 Å². The molecular formula is C15H28N4. The van der Waals surface area contributed by atoms with Crippen molar-refractivity contribution in [3.05, 3.63) is 11.3 Å². The average molecular weight is 264 g/mol. The molecule has 0 aliphatic heterocycles. The molecule has 0 amide bonds. The van der Waals surface area contributed by atoms with Crippen LogP contribution in [0.1, 0.15) is 43.9 Å². The summed E-state index contributed by atoms with van der Waals surface area (Å²) in [7, 11) is 6.29. The molecule has 1 N–H and O–H groups in total. The lowest BCUT2D eigenvalue weighted by Crippen LogP contribution is -2.37. The summed E-state index contributed by atoms with van der Waals surface area (Å²) in [5.41, 5.74) is 2.48. The molecule has 1 aliphatic carbocycles. The number of rotatable bonds is 4. The zero-order valence-corrected chi connectivity index (χ0v) is 13.0. The fraction of sp³-hybridized carbons (Fsp3) is 0.800. The molecule has 108 valence electrons. The lowest BCUT2D eigenvalue weighted by molar-refractivity contribution is 0.334. The standard InChI is InChI=1S/C15H28N4/c1-11-7-6-8-13(9-11)18(4)15-14(10-16-3)12(2)17-19(15)5/h11,13,16H,6-10H2,1-5H3. The summed E-state index contributed by atoms with van der Waals surface area (Å²) < 4.78 is 2.04. The molecule has 0 bridgehead atoms. The molecule has 0 saturated heterocycles. The van der Waals surface area contributed by atoms with Gasteiger partial charge in [0.05, 0.1) is 5.69 Å². The van der Waals surface area contributed by atoms with E-state index in [1.165, 1.54) is 37.1 Å². The van der Waals surface area contributed by atoms with E-state index in [9.17, 15) is 0 Å². The molecular weight excluding hydrogens is 236 g/mol. The van der Waals surface area contributed by atoms with Crippen LogP contribution in [0.3, 0.4) is 0 Å². The molecule has 2 atom stereocenters. The van der Waals surface area contributed by atoms with Gasteiger partial charge in [-0.2, -0.15) is 5.10 Å². The van der Waals surface area contributed by atoms with Gasteiger partial charge in [-0.05, 0) is 32.7 Å². The van der Waals surface area contributed by atoms with E-state index in [0.717, 1.165) is 18.2 Å². The van der Waals surface area contributed by atoms with Gasteiger partial charge in [0.1, 0.15) is 5.82 Å². The van der Waals surface area contributed by atoms with Crippen LogP contribution < -0.4 is 10.2 Å². The molecule has 4 nitrogen and oxygen atoms in total. The third-order valence-corrected chi connectivity index (χ3v) is 4.46. The highest BCUT2D eigenvalue weighted by Gasteiger charge is 2.26. The predicted octanol–water partition coefficient (Wildman–Crippen LogP) is 2.46. The van der Waals surface area contributed by atoms with E-state index in [0.29, 0.717) is 6.04 Å². The van der Waals surface area contributed by atoms with E-state index in [1.54, 1.807) is 0 Å². The monoisotopic (exact) mass is 264 g/mol. The first-order valence-electron chi connectivity index (χ1n) is 7.44. The van der Waals surface area contributed by atoms with E-state index in [-0.39, 0.29) is 0 Å². The Morgan fingerprint density at radius 3 is 2.79 bits per heavy atom. The first-order chi connectivity index (χ1) is 9.04. The number of nitrogens with one attached hydrogen (secondary N) is 1. The van der Waals surface area contributed by atoms with Gasteiger partial charge in [-0.15, -0.1) is 0 Å². The van der Waals surface area contributed by atoms with Crippen LogP contribution in [0.25, 0.3) is 0 Å². The Labute approximate surface area is 117 Å². The van der Waals surface area contributed by atoms with Gasteiger partial charge in [-0.25, -0.2) is 0 Å². The second-order valence-corrected chi connectivity index (χ2v) is 6.08. The Morgan fingerprint density at radius 1 is 1.42 bits per heavy atom. The van der Waals surface area contributed by atoms with Crippen LogP contribution in [0.4, 0.5) is 5.82 Å². The minimum atomic E-state index is 0.661. The molecule has 4 heteroatoms. The maximum Gasteiger partial charge on any atom is 0.131 e. The smallest absolute Gasteiger partial charge is 0.131 e. The van der Waals surface area contributed by atoms with E-state index in [2.05, 4.69) is 43.3 Å². The number of hydrogen-bond donors (Lipinski definition) is 1. The van der Waals surface area contributed by atoms with Crippen LogP contribution in [0.15, 0.2) is 0 Å². The number of nitrogens with zero attached hydrogens (tertiary/aromatic N) is 3. The average Bonchev–Trinajstić information content (AvgIpc) is 2.64. The minimum Gasteiger partial charge on any atom is -0.357 e. The van der Waals surface area contributed by atoms with Crippen molar-refractivity contribution < 1.29 is 0 Å². The second-order valence-electron chi connectivity index (χ2n) is 6.08. The van der Waals surface area contributed by atoms with Crippen LogP contribution in [-0.4, -0.2) is 29.9 Å².